The van der Waals surface area contributed by atoms with Crippen LogP contribution in [0, 0.1) is 0 Å². The van der Waals surface area contributed by atoms with Crippen molar-refractivity contribution in [1.82, 2.24) is 0 Å². The molecule has 0 aromatic carbocycles. The van der Waals surface area contributed by atoms with Crippen molar-refractivity contribution >= 4 is 17.7 Å². The second-order valence-corrected chi connectivity index (χ2v) is 10.8. The summed E-state index contributed by atoms with van der Waals surface area (Å²) in [6.07, 6.45) is 24.7. The van der Waals surface area contributed by atoms with Crippen LogP contribution in [0.15, 0.2) is 0 Å². The highest BCUT2D eigenvalue weighted by atomic mass is 79.9. The fourth-order valence-electron chi connectivity index (χ4n) is 4.79. The smallest absolute Gasteiger partial charge is 0.328 e. The average Bonchev–Trinajstić information content (AvgIpc) is 2.86. The van der Waals surface area contributed by atoms with E-state index in [0.29, 0.717) is 19.3 Å². The van der Waals surface area contributed by atoms with Crippen molar-refractivity contribution in [2.24, 2.45) is 0 Å². The van der Waals surface area contributed by atoms with Crippen LogP contribution in [0.5, 0.6) is 0 Å². The van der Waals surface area contributed by atoms with Crippen LogP contribution in [-0.4, -0.2) is 29.3 Å². The molecule has 0 aromatic heterocycles. The first-order valence-electron chi connectivity index (χ1n) is 15.4. The number of amides is 3. The molecule has 0 aliphatic heterocycles. The third-order valence-corrected chi connectivity index (χ3v) is 7.48. The fraction of sp³-hybridized carbons (Fsp3) is 0.903. The second kappa shape index (κ2) is 26.1. The quantitative estimate of drug-likeness (QED) is 0.0985. The van der Waals surface area contributed by atoms with Crippen LogP contribution in [0.25, 0.3) is 0 Å². The van der Waals surface area contributed by atoms with Gasteiger partial charge >= 0.3 is 17.7 Å². The maximum atomic E-state index is 13.2. The monoisotopic (exact) mass is 573 g/mol. The van der Waals surface area contributed by atoms with Gasteiger partial charge in [-0.1, -0.05) is 136 Å². The average molecular weight is 575 g/mol. The number of carbonyl (C=O) groups is 3. The SMILES string of the molecule is CCCCCCCCCC(=O)[N+](C)(C(=O)CCCCCCCCC)C(=O)CCCCCCCCC.[Br-]. The van der Waals surface area contributed by atoms with Crippen molar-refractivity contribution in [3.63, 3.8) is 0 Å². The molecule has 0 N–H and O–H groups in total. The zero-order valence-corrected chi connectivity index (χ0v) is 26.1. The number of hydrogen-bond acceptors (Lipinski definition) is 3. The Morgan fingerprint density at radius 2 is 0.583 bits per heavy atom. The zero-order valence-electron chi connectivity index (χ0n) is 24.5. The molecular formula is C31H60BrNO3. The van der Waals surface area contributed by atoms with Gasteiger partial charge in [-0.3, -0.25) is 0 Å². The van der Waals surface area contributed by atoms with E-state index in [1.54, 1.807) is 7.05 Å². The Morgan fingerprint density at radius 3 is 0.806 bits per heavy atom. The molecule has 0 aliphatic rings. The van der Waals surface area contributed by atoms with Crippen molar-refractivity contribution in [1.29, 1.82) is 0 Å². The van der Waals surface area contributed by atoms with Crippen molar-refractivity contribution in [2.75, 3.05) is 7.05 Å². The van der Waals surface area contributed by atoms with E-state index in [-0.39, 0.29) is 34.7 Å². The molecule has 5 heteroatoms. The minimum absolute atomic E-state index is 0. The summed E-state index contributed by atoms with van der Waals surface area (Å²) in [6, 6.07) is 0. The molecule has 0 unspecified atom stereocenters. The van der Waals surface area contributed by atoms with E-state index in [1.807, 2.05) is 0 Å². The molecule has 0 bridgehead atoms. The lowest BCUT2D eigenvalue weighted by Crippen LogP contribution is -3.00. The number of quaternary nitrogens is 1. The van der Waals surface area contributed by atoms with Gasteiger partial charge in [0.05, 0.1) is 26.3 Å². The van der Waals surface area contributed by atoms with Crippen molar-refractivity contribution in [3.8, 4) is 0 Å². The molecule has 214 valence electrons. The number of imide groups is 3. The number of unbranched alkanes of at least 4 members (excludes halogenated alkanes) is 18. The third-order valence-electron chi connectivity index (χ3n) is 7.48. The molecule has 0 spiro atoms. The fourth-order valence-corrected chi connectivity index (χ4v) is 4.79. The lowest BCUT2D eigenvalue weighted by molar-refractivity contribution is -0.681. The first-order valence-corrected chi connectivity index (χ1v) is 15.4. The first kappa shape index (κ1) is 37.6. The summed E-state index contributed by atoms with van der Waals surface area (Å²) in [4.78, 5) is 39.7. The van der Waals surface area contributed by atoms with Crippen LogP contribution >= 0.6 is 0 Å². The Hall–Kier alpha value is -0.550. The largest absolute Gasteiger partial charge is 1.00 e. The van der Waals surface area contributed by atoms with Gasteiger partial charge < -0.3 is 17.0 Å². The van der Waals surface area contributed by atoms with Crippen molar-refractivity contribution < 1.29 is 35.8 Å². The summed E-state index contributed by atoms with van der Waals surface area (Å²) in [6.45, 7) is 6.64. The van der Waals surface area contributed by atoms with Gasteiger partial charge in [0.1, 0.15) is 0 Å². The molecule has 0 fully saturated rings. The molecule has 0 radical (unpaired) electrons. The highest BCUT2D eigenvalue weighted by molar-refractivity contribution is 5.97. The zero-order chi connectivity index (χ0) is 26.2. The molecule has 0 saturated heterocycles. The van der Waals surface area contributed by atoms with E-state index in [1.165, 1.54) is 77.0 Å². The molecule has 0 rings (SSSR count). The highest BCUT2D eigenvalue weighted by Crippen LogP contribution is 2.20. The minimum Gasteiger partial charge on any atom is -1.00 e. The van der Waals surface area contributed by atoms with E-state index in [2.05, 4.69) is 20.8 Å². The molecule has 0 saturated carbocycles. The van der Waals surface area contributed by atoms with Crippen molar-refractivity contribution in [3.05, 3.63) is 0 Å². The summed E-state index contributed by atoms with van der Waals surface area (Å²) < 4.78 is -0.596. The molecule has 3 amide bonds. The summed E-state index contributed by atoms with van der Waals surface area (Å²) in [5, 5.41) is 0. The van der Waals surface area contributed by atoms with Gasteiger partial charge in [-0.2, -0.15) is 0 Å². The van der Waals surface area contributed by atoms with E-state index < -0.39 is 4.48 Å². The Labute approximate surface area is 235 Å². The number of hydrogen-bond donors (Lipinski definition) is 0. The van der Waals surface area contributed by atoms with Gasteiger partial charge in [0.2, 0.25) is 0 Å². The van der Waals surface area contributed by atoms with Crippen LogP contribution in [0.2, 0.25) is 0 Å². The van der Waals surface area contributed by atoms with Crippen LogP contribution in [-0.2, 0) is 14.4 Å². The number of carbonyl (C=O) groups excluding carboxylic acids is 3. The Kier molecular flexibility index (Phi) is 27.2. The van der Waals surface area contributed by atoms with Gasteiger partial charge in [-0.25, -0.2) is 14.4 Å². The topological polar surface area (TPSA) is 51.2 Å². The van der Waals surface area contributed by atoms with E-state index in [9.17, 15) is 14.4 Å². The van der Waals surface area contributed by atoms with Gasteiger partial charge in [-0.15, -0.1) is 4.48 Å². The van der Waals surface area contributed by atoms with Gasteiger partial charge in [0.25, 0.3) is 0 Å². The molecule has 4 nitrogen and oxygen atoms in total. The van der Waals surface area contributed by atoms with Gasteiger partial charge in [0, 0.05) is 0 Å². The maximum absolute atomic E-state index is 13.2. The maximum Gasteiger partial charge on any atom is 0.328 e. The number of rotatable bonds is 24. The Bertz CT molecular complexity index is 476. The van der Waals surface area contributed by atoms with E-state index in [0.717, 1.165) is 57.8 Å². The lowest BCUT2D eigenvalue weighted by atomic mass is 10.0. The minimum atomic E-state index is -0.596. The normalized spacial score (nSPS) is 11.3. The van der Waals surface area contributed by atoms with Crippen LogP contribution < -0.4 is 17.0 Å². The second-order valence-electron chi connectivity index (χ2n) is 10.8. The van der Waals surface area contributed by atoms with Crippen LogP contribution in [0.1, 0.15) is 175 Å². The summed E-state index contributed by atoms with van der Waals surface area (Å²) >= 11 is 0. The summed E-state index contributed by atoms with van der Waals surface area (Å²) in [5.41, 5.74) is 0. The van der Waals surface area contributed by atoms with Crippen LogP contribution in [0.3, 0.4) is 0 Å². The number of nitrogens with zero attached hydrogens (tertiary/aromatic N) is 1. The molecule has 36 heavy (non-hydrogen) atoms. The summed E-state index contributed by atoms with van der Waals surface area (Å²) in [7, 11) is 1.59. The van der Waals surface area contributed by atoms with Gasteiger partial charge in [-0.05, 0) is 19.3 Å². The first-order chi connectivity index (χ1) is 16.9. The molecular weight excluding hydrogens is 514 g/mol. The number of halogens is 1. The third kappa shape index (κ3) is 17.8. The van der Waals surface area contributed by atoms with E-state index in [4.69, 9.17) is 0 Å². The van der Waals surface area contributed by atoms with Crippen LogP contribution in [0.4, 0.5) is 0 Å². The Morgan fingerprint density at radius 1 is 0.389 bits per heavy atom. The standard InChI is InChI=1S/C31H60NO3.BrH/c1-5-8-11-14-17-20-23-26-29(33)32(4,30(34)27-24-21-18-15-12-9-6-2)31(35)28-25-22-19-16-13-10-7-3;/h5-28H2,1-4H3;1H/q+1;/p-1. The van der Waals surface area contributed by atoms with Crippen molar-refractivity contribution in [2.45, 2.75) is 175 Å². The Balaban J connectivity index is 0. The highest BCUT2D eigenvalue weighted by Gasteiger charge is 2.45. The molecule has 0 aromatic rings. The van der Waals surface area contributed by atoms with E-state index >= 15 is 0 Å². The lowest BCUT2D eigenvalue weighted by Gasteiger charge is -2.26. The van der Waals surface area contributed by atoms with Gasteiger partial charge in [0.15, 0.2) is 0 Å². The predicted octanol–water partition coefficient (Wildman–Crippen LogP) is 6.44. The molecule has 0 heterocycles. The molecule has 0 atom stereocenters. The molecule has 0 aliphatic carbocycles. The predicted molar refractivity (Wildman–Crippen MR) is 149 cm³/mol. The summed E-state index contributed by atoms with van der Waals surface area (Å²) in [5.74, 6) is -0.543.